The molecule has 0 unspecified atom stereocenters. The van der Waals surface area contributed by atoms with E-state index in [4.69, 9.17) is 39.7 Å². The first-order valence-electron chi connectivity index (χ1n) is 3.78. The molecule has 0 aliphatic carbocycles. The molecular formula is C7H11ClN2O5S. The highest BCUT2D eigenvalue weighted by Gasteiger charge is 1.98. The number of hydrazine groups is 1. The molecule has 0 spiro atoms. The van der Waals surface area contributed by atoms with Crippen molar-refractivity contribution in [1.82, 2.24) is 0 Å². The molecule has 0 atom stereocenters. The van der Waals surface area contributed by atoms with Crippen molar-refractivity contribution in [3.8, 4) is 5.75 Å². The maximum absolute atomic E-state index is 8.74. The number of nitrogens with one attached hydrogen (secondary N) is 1. The zero-order chi connectivity index (χ0) is 12.8. The van der Waals surface area contributed by atoms with E-state index in [0.717, 1.165) is 0 Å². The molecule has 7 nitrogen and oxygen atoms in total. The molecule has 0 aliphatic heterocycles. The van der Waals surface area contributed by atoms with Crippen LogP contribution in [0.25, 0.3) is 0 Å². The van der Waals surface area contributed by atoms with Crippen LogP contribution >= 0.6 is 11.6 Å². The van der Waals surface area contributed by atoms with Crippen LogP contribution in [-0.2, 0) is 10.4 Å². The standard InChI is InChI=1S/C7H9ClN2O.H2O4S/c1-11-5-2-3-7(10-9)6(8)4-5;1-5(2,3)4/h2-4,10H,9H2,1H3;(H2,1,2,3,4). The lowest BCUT2D eigenvalue weighted by Crippen LogP contribution is -2.06. The number of ether oxygens (including phenoxy) is 1. The van der Waals surface area contributed by atoms with Gasteiger partial charge in [-0.3, -0.25) is 14.9 Å². The average molecular weight is 271 g/mol. The van der Waals surface area contributed by atoms with Crippen LogP contribution in [-0.4, -0.2) is 24.6 Å². The van der Waals surface area contributed by atoms with E-state index in [1.54, 1.807) is 25.3 Å². The number of halogens is 1. The number of hydrogen-bond acceptors (Lipinski definition) is 5. The van der Waals surface area contributed by atoms with E-state index < -0.39 is 10.4 Å². The summed E-state index contributed by atoms with van der Waals surface area (Å²) >= 11 is 5.79. The topological polar surface area (TPSA) is 122 Å². The molecule has 16 heavy (non-hydrogen) atoms. The van der Waals surface area contributed by atoms with Crippen molar-refractivity contribution in [2.45, 2.75) is 0 Å². The first-order valence-corrected chi connectivity index (χ1v) is 5.55. The van der Waals surface area contributed by atoms with Gasteiger partial charge in [0.1, 0.15) is 5.75 Å². The third-order valence-electron chi connectivity index (χ3n) is 1.33. The fraction of sp³-hybridized carbons (Fsp3) is 0.143. The van der Waals surface area contributed by atoms with Crippen LogP contribution in [0.15, 0.2) is 18.2 Å². The van der Waals surface area contributed by atoms with Gasteiger partial charge < -0.3 is 10.2 Å². The van der Waals surface area contributed by atoms with Crippen molar-refractivity contribution in [2.24, 2.45) is 5.84 Å². The molecule has 0 aromatic heterocycles. The summed E-state index contributed by atoms with van der Waals surface area (Å²) in [7, 11) is -3.08. The Labute approximate surface area is 97.7 Å². The predicted octanol–water partition coefficient (Wildman–Crippen LogP) is 0.981. The summed E-state index contributed by atoms with van der Waals surface area (Å²) in [6, 6.07) is 5.22. The molecule has 0 radical (unpaired) electrons. The van der Waals surface area contributed by atoms with Crippen molar-refractivity contribution in [2.75, 3.05) is 12.5 Å². The highest BCUT2D eigenvalue weighted by Crippen LogP contribution is 2.25. The lowest BCUT2D eigenvalue weighted by Gasteiger charge is -2.04. The van der Waals surface area contributed by atoms with Gasteiger partial charge in [0.25, 0.3) is 0 Å². The molecule has 92 valence electrons. The van der Waals surface area contributed by atoms with Gasteiger partial charge in [-0.25, -0.2) is 0 Å². The zero-order valence-corrected chi connectivity index (χ0v) is 9.79. The molecule has 0 saturated carbocycles. The van der Waals surface area contributed by atoms with Gasteiger partial charge in [0.15, 0.2) is 0 Å². The van der Waals surface area contributed by atoms with Crippen molar-refractivity contribution >= 4 is 27.7 Å². The largest absolute Gasteiger partial charge is 0.497 e. The minimum Gasteiger partial charge on any atom is -0.497 e. The van der Waals surface area contributed by atoms with Crippen molar-refractivity contribution in [3.63, 3.8) is 0 Å². The molecule has 0 heterocycles. The van der Waals surface area contributed by atoms with Crippen LogP contribution in [0.5, 0.6) is 5.75 Å². The predicted molar refractivity (Wildman–Crippen MR) is 60.0 cm³/mol. The third-order valence-corrected chi connectivity index (χ3v) is 1.64. The second-order valence-electron chi connectivity index (χ2n) is 2.44. The van der Waals surface area contributed by atoms with Crippen LogP contribution in [0.2, 0.25) is 5.02 Å². The minimum absolute atomic E-state index is 0.548. The van der Waals surface area contributed by atoms with Gasteiger partial charge in [-0.05, 0) is 12.1 Å². The van der Waals surface area contributed by atoms with E-state index in [1.165, 1.54) is 0 Å². The SMILES string of the molecule is COc1ccc(NN)c(Cl)c1.O=S(=O)(O)O. The van der Waals surface area contributed by atoms with E-state index in [-0.39, 0.29) is 0 Å². The van der Waals surface area contributed by atoms with Crippen LogP contribution < -0.4 is 16.0 Å². The van der Waals surface area contributed by atoms with Crippen molar-refractivity contribution < 1.29 is 22.3 Å². The smallest absolute Gasteiger partial charge is 0.394 e. The summed E-state index contributed by atoms with van der Waals surface area (Å²) < 4.78 is 36.5. The Kier molecular flexibility index (Phi) is 6.08. The van der Waals surface area contributed by atoms with Crippen LogP contribution in [0, 0.1) is 0 Å². The fourth-order valence-electron chi connectivity index (χ4n) is 0.740. The average Bonchev–Trinajstić information content (AvgIpc) is 2.15. The van der Waals surface area contributed by atoms with Gasteiger partial charge in [-0.15, -0.1) is 0 Å². The van der Waals surface area contributed by atoms with E-state index in [2.05, 4.69) is 5.43 Å². The minimum atomic E-state index is -4.67. The summed E-state index contributed by atoms with van der Waals surface area (Å²) in [5.41, 5.74) is 3.15. The van der Waals surface area contributed by atoms with Crippen molar-refractivity contribution in [1.29, 1.82) is 0 Å². The molecule has 9 heteroatoms. The lowest BCUT2D eigenvalue weighted by molar-refractivity contribution is 0.381. The van der Waals surface area contributed by atoms with E-state index in [9.17, 15) is 0 Å². The van der Waals surface area contributed by atoms with Gasteiger partial charge in [-0.1, -0.05) is 11.6 Å². The summed E-state index contributed by atoms with van der Waals surface area (Å²) in [4.78, 5) is 0. The molecule has 1 aromatic carbocycles. The van der Waals surface area contributed by atoms with Gasteiger partial charge >= 0.3 is 10.4 Å². The molecule has 0 aliphatic rings. The molecule has 5 N–H and O–H groups in total. The van der Waals surface area contributed by atoms with E-state index in [1.807, 2.05) is 0 Å². The Morgan fingerprint density at radius 3 is 2.25 bits per heavy atom. The Balaban J connectivity index is 0.000000385. The highest BCUT2D eigenvalue weighted by atomic mass is 35.5. The normalized spacial score (nSPS) is 10.1. The maximum Gasteiger partial charge on any atom is 0.394 e. The monoisotopic (exact) mass is 270 g/mol. The summed E-state index contributed by atoms with van der Waals surface area (Å²) in [5.74, 6) is 5.88. The fourth-order valence-corrected chi connectivity index (χ4v) is 0.965. The summed E-state index contributed by atoms with van der Waals surface area (Å²) in [5, 5.41) is 0.548. The van der Waals surface area contributed by atoms with Gasteiger partial charge in [0.05, 0.1) is 17.8 Å². The third kappa shape index (κ3) is 7.26. The van der Waals surface area contributed by atoms with Crippen LogP contribution in [0.1, 0.15) is 0 Å². The first-order chi connectivity index (χ1) is 7.27. The molecule has 1 aromatic rings. The molecule has 0 fully saturated rings. The molecule has 0 amide bonds. The van der Waals surface area contributed by atoms with E-state index >= 15 is 0 Å². The Morgan fingerprint density at radius 1 is 1.44 bits per heavy atom. The number of methoxy groups -OCH3 is 1. The molecule has 1 rings (SSSR count). The van der Waals surface area contributed by atoms with Crippen LogP contribution in [0.4, 0.5) is 5.69 Å². The van der Waals surface area contributed by atoms with Gasteiger partial charge in [0.2, 0.25) is 0 Å². The summed E-state index contributed by atoms with van der Waals surface area (Å²) in [6.45, 7) is 0. The number of anilines is 1. The summed E-state index contributed by atoms with van der Waals surface area (Å²) in [6.07, 6.45) is 0. The number of rotatable bonds is 2. The maximum atomic E-state index is 8.74. The zero-order valence-electron chi connectivity index (χ0n) is 8.21. The van der Waals surface area contributed by atoms with E-state index in [0.29, 0.717) is 16.5 Å². The second-order valence-corrected chi connectivity index (χ2v) is 3.74. The number of nitrogen functional groups attached to an aromatic ring is 1. The second kappa shape index (κ2) is 6.51. The van der Waals surface area contributed by atoms with Crippen molar-refractivity contribution in [3.05, 3.63) is 23.2 Å². The molecular weight excluding hydrogens is 260 g/mol. The Bertz CT molecular complexity index is 428. The lowest BCUT2D eigenvalue weighted by atomic mass is 10.3. The van der Waals surface area contributed by atoms with Gasteiger partial charge in [-0.2, -0.15) is 8.42 Å². The van der Waals surface area contributed by atoms with Crippen LogP contribution in [0.3, 0.4) is 0 Å². The number of benzene rings is 1. The highest BCUT2D eigenvalue weighted by molar-refractivity contribution is 7.79. The number of nitrogens with two attached hydrogens (primary N) is 1. The molecule has 0 saturated heterocycles. The van der Waals surface area contributed by atoms with Gasteiger partial charge in [0, 0.05) is 6.07 Å². The number of hydrogen-bond donors (Lipinski definition) is 4. The Morgan fingerprint density at radius 2 is 1.94 bits per heavy atom. The quantitative estimate of drug-likeness (QED) is 0.359. The Hall–Kier alpha value is -1.06. The molecule has 0 bridgehead atoms. The first kappa shape index (κ1) is 14.9.